The molecule has 0 aromatic heterocycles. The summed E-state index contributed by atoms with van der Waals surface area (Å²) in [6.45, 7) is 5.53. The van der Waals surface area contributed by atoms with Gasteiger partial charge in [-0.15, -0.1) is 0 Å². The lowest BCUT2D eigenvalue weighted by molar-refractivity contribution is -0.138. The number of benzene rings is 1. The van der Waals surface area contributed by atoms with Crippen molar-refractivity contribution in [3.05, 3.63) is 22.2 Å². The van der Waals surface area contributed by atoms with Gasteiger partial charge in [0.15, 0.2) is 0 Å². The highest BCUT2D eigenvalue weighted by Gasteiger charge is 2.30. The zero-order valence-electron chi connectivity index (χ0n) is 11.8. The summed E-state index contributed by atoms with van der Waals surface area (Å²) < 4.78 is 10.6. The third-order valence-electron chi connectivity index (χ3n) is 3.14. The number of carboxylic acids is 1. The number of hydrogen-bond acceptors (Lipinski definition) is 3. The lowest BCUT2D eigenvalue weighted by Gasteiger charge is -2.27. The second kappa shape index (κ2) is 5.70. The molecule has 1 aromatic carbocycles. The molecule has 0 atom stereocenters. The van der Waals surface area contributed by atoms with Gasteiger partial charge in [0.05, 0.1) is 25.7 Å². The molecule has 0 spiro atoms. The van der Waals surface area contributed by atoms with E-state index in [9.17, 15) is 4.79 Å². The van der Waals surface area contributed by atoms with Gasteiger partial charge in [-0.2, -0.15) is 0 Å². The monoisotopic (exact) mass is 286 g/mol. The number of carbonyl (C=O) groups is 1. The Labute approximate surface area is 118 Å². The van der Waals surface area contributed by atoms with Crippen LogP contribution in [0.3, 0.4) is 0 Å². The van der Waals surface area contributed by atoms with Crippen LogP contribution in [0.25, 0.3) is 0 Å². The molecule has 106 valence electrons. The van der Waals surface area contributed by atoms with Crippen molar-refractivity contribution >= 4 is 17.6 Å². The summed E-state index contributed by atoms with van der Waals surface area (Å²) in [6.07, 6.45) is -0.00847. The quantitative estimate of drug-likeness (QED) is 0.901. The lowest BCUT2D eigenvalue weighted by atomic mass is 9.80. The lowest BCUT2D eigenvalue weighted by Crippen LogP contribution is -2.23. The maximum absolute atomic E-state index is 11.0. The molecule has 4 nitrogen and oxygen atoms in total. The van der Waals surface area contributed by atoms with Crippen LogP contribution in [0.1, 0.15) is 31.4 Å². The number of rotatable bonds is 5. The van der Waals surface area contributed by atoms with Gasteiger partial charge in [-0.25, -0.2) is 0 Å². The predicted molar refractivity (Wildman–Crippen MR) is 74.6 cm³/mol. The molecule has 0 amide bonds. The molecule has 1 rings (SSSR count). The second-order valence-corrected chi connectivity index (χ2v) is 5.46. The Kier molecular flexibility index (Phi) is 4.69. The average molecular weight is 287 g/mol. The van der Waals surface area contributed by atoms with Crippen molar-refractivity contribution in [2.45, 2.75) is 32.6 Å². The zero-order valence-corrected chi connectivity index (χ0v) is 12.6. The number of hydrogen-bond donors (Lipinski definition) is 1. The fourth-order valence-corrected chi connectivity index (χ4v) is 2.56. The van der Waals surface area contributed by atoms with Crippen molar-refractivity contribution in [2.75, 3.05) is 14.2 Å². The van der Waals surface area contributed by atoms with Crippen LogP contribution in [0.2, 0.25) is 5.02 Å². The van der Waals surface area contributed by atoms with Crippen LogP contribution in [-0.4, -0.2) is 25.3 Å². The molecule has 1 N–H and O–H groups in total. The predicted octanol–water partition coefficient (Wildman–Crippen LogP) is 3.42. The van der Waals surface area contributed by atoms with Crippen molar-refractivity contribution in [3.8, 4) is 11.5 Å². The van der Waals surface area contributed by atoms with Crippen molar-refractivity contribution in [1.29, 1.82) is 0 Å². The van der Waals surface area contributed by atoms with Crippen LogP contribution in [0.4, 0.5) is 0 Å². The molecule has 0 bridgehead atoms. The molecule has 0 fully saturated rings. The number of halogens is 1. The first-order valence-corrected chi connectivity index (χ1v) is 6.25. The number of methoxy groups -OCH3 is 2. The maximum Gasteiger partial charge on any atom is 0.304 e. The van der Waals surface area contributed by atoms with E-state index in [2.05, 4.69) is 0 Å². The molecule has 19 heavy (non-hydrogen) atoms. The second-order valence-electron chi connectivity index (χ2n) is 5.05. The topological polar surface area (TPSA) is 55.8 Å². The normalized spacial score (nSPS) is 11.3. The van der Waals surface area contributed by atoms with E-state index in [1.165, 1.54) is 7.11 Å². The standard InChI is InChI=1S/C14H19ClO4/c1-8-12(18-4)9(6-10(15)13(8)19-5)14(2,3)7-11(16)17/h6H,7H2,1-5H3,(H,16,17). The largest absolute Gasteiger partial charge is 0.496 e. The van der Waals surface area contributed by atoms with E-state index >= 15 is 0 Å². The first-order chi connectivity index (χ1) is 8.74. The Morgan fingerprint density at radius 1 is 1.32 bits per heavy atom. The summed E-state index contributed by atoms with van der Waals surface area (Å²) in [5.74, 6) is 0.303. The fourth-order valence-electron chi connectivity index (χ4n) is 2.23. The molecule has 0 aliphatic heterocycles. The first-order valence-electron chi connectivity index (χ1n) is 5.88. The van der Waals surface area contributed by atoms with Gasteiger partial charge in [0.1, 0.15) is 11.5 Å². The summed E-state index contributed by atoms with van der Waals surface area (Å²) in [7, 11) is 3.09. The Balaban J connectivity index is 3.47. The highest BCUT2D eigenvalue weighted by atomic mass is 35.5. The van der Waals surface area contributed by atoms with Crippen LogP contribution in [-0.2, 0) is 10.2 Å². The number of aliphatic carboxylic acids is 1. The molecule has 1 aromatic rings. The van der Waals surface area contributed by atoms with Gasteiger partial charge in [-0.1, -0.05) is 25.4 Å². The van der Waals surface area contributed by atoms with Crippen LogP contribution in [0.5, 0.6) is 11.5 Å². The summed E-state index contributed by atoms with van der Waals surface area (Å²) in [4.78, 5) is 11.0. The molecule has 0 unspecified atom stereocenters. The van der Waals surface area contributed by atoms with Crippen molar-refractivity contribution < 1.29 is 19.4 Å². The van der Waals surface area contributed by atoms with Gasteiger partial charge in [0.2, 0.25) is 0 Å². The molecule has 0 aliphatic rings. The summed E-state index contributed by atoms with van der Waals surface area (Å²) >= 11 is 6.18. The van der Waals surface area contributed by atoms with Crippen molar-refractivity contribution in [1.82, 2.24) is 0 Å². The minimum absolute atomic E-state index is 0.00847. The third kappa shape index (κ3) is 3.13. The van der Waals surface area contributed by atoms with Gasteiger partial charge in [0.25, 0.3) is 0 Å². The minimum Gasteiger partial charge on any atom is -0.496 e. The summed E-state index contributed by atoms with van der Waals surface area (Å²) in [5, 5.41) is 9.47. The van der Waals surface area contributed by atoms with Crippen molar-refractivity contribution in [3.63, 3.8) is 0 Å². The third-order valence-corrected chi connectivity index (χ3v) is 3.43. The molecule has 0 saturated heterocycles. The van der Waals surface area contributed by atoms with Gasteiger partial charge in [-0.3, -0.25) is 4.79 Å². The SMILES string of the molecule is COc1c(Cl)cc(C(C)(C)CC(=O)O)c(OC)c1C. The first kappa shape index (κ1) is 15.6. The fraction of sp³-hybridized carbons (Fsp3) is 0.500. The van der Waals surface area contributed by atoms with Crippen LogP contribution >= 0.6 is 11.6 Å². The van der Waals surface area contributed by atoms with E-state index in [1.807, 2.05) is 20.8 Å². The van der Waals surface area contributed by atoms with Crippen LogP contribution in [0, 0.1) is 6.92 Å². The highest BCUT2D eigenvalue weighted by Crippen LogP contribution is 2.43. The Hall–Kier alpha value is -1.42. The Morgan fingerprint density at radius 3 is 2.26 bits per heavy atom. The zero-order chi connectivity index (χ0) is 14.8. The molecule has 0 aliphatic carbocycles. The van der Waals surface area contributed by atoms with E-state index in [4.69, 9.17) is 26.2 Å². The number of ether oxygens (including phenoxy) is 2. The van der Waals surface area contributed by atoms with Crippen molar-refractivity contribution in [2.24, 2.45) is 0 Å². The summed E-state index contributed by atoms with van der Waals surface area (Å²) in [5.41, 5.74) is 0.948. The molecule has 0 saturated carbocycles. The highest BCUT2D eigenvalue weighted by molar-refractivity contribution is 6.32. The molecular formula is C14H19ClO4. The molecule has 0 radical (unpaired) electrons. The van der Waals surface area contributed by atoms with Crippen LogP contribution in [0.15, 0.2) is 6.07 Å². The average Bonchev–Trinajstić information content (AvgIpc) is 2.27. The smallest absolute Gasteiger partial charge is 0.304 e. The van der Waals surface area contributed by atoms with E-state index in [0.717, 1.165) is 11.1 Å². The van der Waals surface area contributed by atoms with Gasteiger partial charge in [0, 0.05) is 16.5 Å². The molecule has 5 heteroatoms. The van der Waals surface area contributed by atoms with Gasteiger partial charge < -0.3 is 14.6 Å². The van der Waals surface area contributed by atoms with E-state index < -0.39 is 11.4 Å². The van der Waals surface area contributed by atoms with E-state index in [1.54, 1.807) is 13.2 Å². The Morgan fingerprint density at radius 2 is 1.84 bits per heavy atom. The van der Waals surface area contributed by atoms with E-state index in [0.29, 0.717) is 16.5 Å². The molecule has 0 heterocycles. The number of carboxylic acid groups (broad SMARTS) is 1. The maximum atomic E-state index is 11.0. The minimum atomic E-state index is -0.864. The van der Waals surface area contributed by atoms with Gasteiger partial charge in [-0.05, 0) is 13.0 Å². The van der Waals surface area contributed by atoms with E-state index in [-0.39, 0.29) is 6.42 Å². The Bertz CT molecular complexity index is 495. The van der Waals surface area contributed by atoms with Gasteiger partial charge >= 0.3 is 5.97 Å². The molecular weight excluding hydrogens is 268 g/mol. The van der Waals surface area contributed by atoms with Crippen LogP contribution < -0.4 is 9.47 Å². The summed E-state index contributed by atoms with van der Waals surface area (Å²) in [6, 6.07) is 1.72.